The standard InChI is InChI=1S/C22H29N5O2/c1-24-20-19(21(28)25(2)22(24)29)27(16-23-20)13-7-6-12-26-14-10-18(11-15-26)17-8-4-3-5-9-17/h3-5,8-9,16,18H,6-7,10-15H2,1-2H3. The first kappa shape index (κ1) is 19.6. The van der Waals surface area contributed by atoms with Crippen LogP contribution in [0, 0.1) is 0 Å². The Kier molecular flexibility index (Phi) is 5.67. The van der Waals surface area contributed by atoms with Crippen molar-refractivity contribution >= 4 is 11.2 Å². The summed E-state index contributed by atoms with van der Waals surface area (Å²) in [5.74, 6) is 0.688. The van der Waals surface area contributed by atoms with Gasteiger partial charge in [0, 0.05) is 20.6 Å². The first-order valence-electron chi connectivity index (χ1n) is 10.4. The maximum Gasteiger partial charge on any atom is 0.332 e. The average Bonchev–Trinajstić information content (AvgIpc) is 3.19. The Morgan fingerprint density at radius 2 is 1.66 bits per heavy atom. The largest absolute Gasteiger partial charge is 0.332 e. The van der Waals surface area contributed by atoms with Gasteiger partial charge in [0.2, 0.25) is 0 Å². The number of imidazole rings is 1. The van der Waals surface area contributed by atoms with E-state index in [1.165, 1.54) is 30.0 Å². The summed E-state index contributed by atoms with van der Waals surface area (Å²) in [5, 5.41) is 0. The van der Waals surface area contributed by atoms with E-state index in [-0.39, 0.29) is 11.2 Å². The highest BCUT2D eigenvalue weighted by molar-refractivity contribution is 5.69. The predicted octanol–water partition coefficient (Wildman–Crippen LogP) is 2.09. The fraction of sp³-hybridized carbons (Fsp3) is 0.500. The van der Waals surface area contributed by atoms with Crippen LogP contribution in [0.15, 0.2) is 46.2 Å². The number of aryl methyl sites for hydroxylation is 2. The van der Waals surface area contributed by atoms with Crippen molar-refractivity contribution in [3.05, 3.63) is 63.1 Å². The molecule has 3 heterocycles. The molecule has 1 aliphatic rings. The van der Waals surface area contributed by atoms with Gasteiger partial charge < -0.3 is 9.47 Å². The molecule has 3 aromatic rings. The third-order valence-electron chi connectivity index (χ3n) is 6.20. The van der Waals surface area contributed by atoms with Gasteiger partial charge in [0.1, 0.15) is 0 Å². The van der Waals surface area contributed by atoms with E-state index in [2.05, 4.69) is 40.2 Å². The zero-order valence-corrected chi connectivity index (χ0v) is 17.3. The molecule has 1 saturated heterocycles. The molecule has 1 aromatic carbocycles. The topological polar surface area (TPSA) is 65.1 Å². The Bertz CT molecular complexity index is 1090. The second-order valence-electron chi connectivity index (χ2n) is 8.05. The summed E-state index contributed by atoms with van der Waals surface area (Å²) in [5.41, 5.74) is 1.82. The predicted molar refractivity (Wildman–Crippen MR) is 114 cm³/mol. The summed E-state index contributed by atoms with van der Waals surface area (Å²) in [6.45, 7) is 4.13. The van der Waals surface area contributed by atoms with Crippen LogP contribution < -0.4 is 11.2 Å². The molecule has 1 fully saturated rings. The first-order valence-corrected chi connectivity index (χ1v) is 10.4. The highest BCUT2D eigenvalue weighted by Crippen LogP contribution is 2.27. The highest BCUT2D eigenvalue weighted by Gasteiger charge is 2.20. The van der Waals surface area contributed by atoms with Gasteiger partial charge in [0.25, 0.3) is 5.56 Å². The lowest BCUT2D eigenvalue weighted by Gasteiger charge is -2.32. The van der Waals surface area contributed by atoms with Crippen LogP contribution in [0.4, 0.5) is 0 Å². The minimum atomic E-state index is -0.341. The van der Waals surface area contributed by atoms with Crippen molar-refractivity contribution in [1.29, 1.82) is 0 Å². The molecule has 0 amide bonds. The minimum Gasteiger partial charge on any atom is -0.325 e. The summed E-state index contributed by atoms with van der Waals surface area (Å²) in [7, 11) is 3.17. The first-order chi connectivity index (χ1) is 14.1. The minimum absolute atomic E-state index is 0.274. The molecule has 0 atom stereocenters. The summed E-state index contributed by atoms with van der Waals surface area (Å²) >= 11 is 0. The number of rotatable bonds is 6. The summed E-state index contributed by atoms with van der Waals surface area (Å²) < 4.78 is 4.47. The van der Waals surface area contributed by atoms with Crippen molar-refractivity contribution in [2.24, 2.45) is 14.1 Å². The number of piperidine rings is 1. The van der Waals surface area contributed by atoms with E-state index in [9.17, 15) is 9.59 Å². The number of hydrogen-bond donors (Lipinski definition) is 0. The third-order valence-corrected chi connectivity index (χ3v) is 6.20. The van der Waals surface area contributed by atoms with Gasteiger partial charge in [0.15, 0.2) is 11.2 Å². The van der Waals surface area contributed by atoms with Crippen LogP contribution in [-0.2, 0) is 20.6 Å². The summed E-state index contributed by atoms with van der Waals surface area (Å²) in [6.07, 6.45) is 6.19. The maximum absolute atomic E-state index is 12.5. The van der Waals surface area contributed by atoms with E-state index in [0.717, 1.165) is 43.6 Å². The van der Waals surface area contributed by atoms with Gasteiger partial charge >= 0.3 is 5.69 Å². The van der Waals surface area contributed by atoms with Crippen molar-refractivity contribution < 1.29 is 0 Å². The van der Waals surface area contributed by atoms with Crippen molar-refractivity contribution in [3.8, 4) is 0 Å². The molecule has 0 spiro atoms. The number of benzene rings is 1. The van der Waals surface area contributed by atoms with Crippen LogP contribution >= 0.6 is 0 Å². The second kappa shape index (κ2) is 8.37. The second-order valence-corrected chi connectivity index (χ2v) is 8.05. The van der Waals surface area contributed by atoms with E-state index >= 15 is 0 Å². The van der Waals surface area contributed by atoms with Crippen LogP contribution in [0.3, 0.4) is 0 Å². The Balaban J connectivity index is 1.30. The Labute approximate surface area is 170 Å². The van der Waals surface area contributed by atoms with Gasteiger partial charge in [-0.1, -0.05) is 30.3 Å². The molecule has 2 aromatic heterocycles. The van der Waals surface area contributed by atoms with Gasteiger partial charge in [-0.25, -0.2) is 9.78 Å². The van der Waals surface area contributed by atoms with Gasteiger partial charge in [-0.15, -0.1) is 0 Å². The van der Waals surface area contributed by atoms with Gasteiger partial charge in [-0.3, -0.25) is 13.9 Å². The number of hydrogen-bond acceptors (Lipinski definition) is 4. The number of likely N-dealkylation sites (tertiary alicyclic amines) is 1. The van der Waals surface area contributed by atoms with Gasteiger partial charge in [0.05, 0.1) is 6.33 Å². The molecule has 4 rings (SSSR count). The highest BCUT2D eigenvalue weighted by atomic mass is 16.2. The zero-order valence-electron chi connectivity index (χ0n) is 17.3. The van der Waals surface area contributed by atoms with Crippen molar-refractivity contribution in [2.45, 2.75) is 38.1 Å². The van der Waals surface area contributed by atoms with E-state index in [4.69, 9.17) is 0 Å². The van der Waals surface area contributed by atoms with E-state index in [1.54, 1.807) is 13.4 Å². The average molecular weight is 396 g/mol. The summed E-state index contributed by atoms with van der Waals surface area (Å²) in [4.78, 5) is 31.4. The molecule has 0 N–H and O–H groups in total. The molecule has 0 saturated carbocycles. The Hall–Kier alpha value is -2.67. The SMILES string of the molecule is Cn1c(=O)c2c(ncn2CCCCN2CCC(c3ccccc3)CC2)n(C)c1=O. The Morgan fingerprint density at radius 3 is 2.38 bits per heavy atom. The quantitative estimate of drug-likeness (QED) is 0.600. The fourth-order valence-electron chi connectivity index (χ4n) is 4.40. The molecule has 0 radical (unpaired) electrons. The third kappa shape index (κ3) is 3.92. The number of fused-ring (bicyclic) bond motifs is 1. The maximum atomic E-state index is 12.5. The van der Waals surface area contributed by atoms with Crippen LogP contribution in [-0.4, -0.2) is 43.2 Å². The molecule has 154 valence electrons. The van der Waals surface area contributed by atoms with Gasteiger partial charge in [-0.05, 0) is 56.8 Å². The Morgan fingerprint density at radius 1 is 0.966 bits per heavy atom. The lowest BCUT2D eigenvalue weighted by atomic mass is 9.89. The van der Waals surface area contributed by atoms with Crippen molar-refractivity contribution in [3.63, 3.8) is 0 Å². The van der Waals surface area contributed by atoms with Crippen LogP contribution in [0.2, 0.25) is 0 Å². The van der Waals surface area contributed by atoms with Crippen LogP contribution in [0.25, 0.3) is 11.2 Å². The number of nitrogens with zero attached hydrogens (tertiary/aromatic N) is 5. The van der Waals surface area contributed by atoms with Crippen molar-refractivity contribution in [1.82, 2.24) is 23.6 Å². The fourth-order valence-corrected chi connectivity index (χ4v) is 4.40. The molecule has 1 aliphatic heterocycles. The lowest BCUT2D eigenvalue weighted by molar-refractivity contribution is 0.208. The lowest BCUT2D eigenvalue weighted by Crippen LogP contribution is -2.37. The van der Waals surface area contributed by atoms with E-state index in [0.29, 0.717) is 17.1 Å². The van der Waals surface area contributed by atoms with Crippen LogP contribution in [0.5, 0.6) is 0 Å². The molecule has 7 nitrogen and oxygen atoms in total. The normalized spacial score (nSPS) is 15.9. The molecular formula is C22H29N5O2. The molecule has 0 bridgehead atoms. The molecule has 0 aliphatic carbocycles. The van der Waals surface area contributed by atoms with Crippen LogP contribution in [0.1, 0.15) is 37.2 Å². The molecule has 29 heavy (non-hydrogen) atoms. The van der Waals surface area contributed by atoms with E-state index < -0.39 is 0 Å². The number of unbranched alkanes of at least 4 members (excludes halogenated alkanes) is 1. The molecule has 0 unspecified atom stereocenters. The van der Waals surface area contributed by atoms with Crippen molar-refractivity contribution in [2.75, 3.05) is 19.6 Å². The monoisotopic (exact) mass is 395 g/mol. The molecular weight excluding hydrogens is 366 g/mol. The van der Waals surface area contributed by atoms with E-state index in [1.807, 2.05) is 4.57 Å². The summed E-state index contributed by atoms with van der Waals surface area (Å²) in [6, 6.07) is 10.8. The zero-order chi connectivity index (χ0) is 20.4. The molecule has 7 heteroatoms. The smallest absolute Gasteiger partial charge is 0.325 e. The van der Waals surface area contributed by atoms with Gasteiger partial charge in [-0.2, -0.15) is 0 Å². The number of aromatic nitrogens is 4.